The molecule has 1 radical (unpaired) electrons. The van der Waals surface area contributed by atoms with Gasteiger partial charge in [-0.15, -0.1) is 0 Å². The third-order valence-electron chi connectivity index (χ3n) is 4.08. The number of alkyl halides is 1. The quantitative estimate of drug-likeness (QED) is 0.353. The number of rotatable bonds is 0. The molecule has 2 bridgehead atoms. The maximum atomic E-state index is 2.73. The molecule has 2 rings (SSSR count). The molecule has 3 atom stereocenters. The van der Waals surface area contributed by atoms with Crippen molar-refractivity contribution in [1.82, 2.24) is 0 Å². The summed E-state index contributed by atoms with van der Waals surface area (Å²) in [5, 5.41) is 0.569. The third-order valence-corrected chi connectivity index (χ3v) is 5.37. The molecule has 79 valence electrons. The van der Waals surface area contributed by atoms with Crippen molar-refractivity contribution >= 4 is 29.9 Å². The van der Waals surface area contributed by atoms with Gasteiger partial charge in [-0.25, -0.2) is 0 Å². The van der Waals surface area contributed by atoms with Crippen molar-refractivity contribution in [3.05, 3.63) is 0 Å². The van der Waals surface area contributed by atoms with Crippen molar-refractivity contribution in [1.29, 1.82) is 0 Å². The summed E-state index contributed by atoms with van der Waals surface area (Å²) in [6.45, 7) is 4.92. The van der Waals surface area contributed by atoms with Crippen LogP contribution in [0.1, 0.15) is 58.8 Å². The zero-order chi connectivity index (χ0) is 10.2. The third kappa shape index (κ3) is 2.48. The molecule has 3 unspecified atom stereocenters. The second kappa shape index (κ2) is 3.99. The molecule has 0 aromatic carbocycles. The van der Waals surface area contributed by atoms with E-state index < -0.39 is 0 Å². The Morgan fingerprint density at radius 2 is 1.93 bits per heavy atom. The lowest BCUT2D eigenvalue weighted by atomic mass is 9.38. The van der Waals surface area contributed by atoms with Gasteiger partial charge in [0.25, 0.3) is 0 Å². The van der Waals surface area contributed by atoms with Gasteiger partial charge in [-0.2, -0.15) is 0 Å². The highest BCUT2D eigenvalue weighted by Crippen LogP contribution is 2.51. The van der Waals surface area contributed by atoms with Crippen molar-refractivity contribution in [3.63, 3.8) is 0 Å². The summed E-state index contributed by atoms with van der Waals surface area (Å²) in [5.41, 5.74) is 0. The molecule has 2 fully saturated rings. The summed E-state index contributed by atoms with van der Waals surface area (Å²) in [4.78, 5) is 0. The predicted molar refractivity (Wildman–Crippen MR) is 72.4 cm³/mol. The van der Waals surface area contributed by atoms with Gasteiger partial charge in [-0.05, 0) is 22.1 Å². The Kier molecular flexibility index (Phi) is 3.22. The van der Waals surface area contributed by atoms with Crippen LogP contribution in [0.5, 0.6) is 0 Å². The zero-order valence-corrected chi connectivity index (χ0v) is 11.6. The fourth-order valence-electron chi connectivity index (χ4n) is 3.45. The van der Waals surface area contributed by atoms with E-state index in [4.69, 9.17) is 0 Å². The van der Waals surface area contributed by atoms with E-state index in [1.54, 1.807) is 0 Å². The Bertz CT molecular complexity index is 218. The van der Waals surface area contributed by atoms with Gasteiger partial charge in [0.15, 0.2) is 0 Å². The van der Waals surface area contributed by atoms with Gasteiger partial charge in [-0.3, -0.25) is 0 Å². The molecule has 0 aromatic rings. The Balaban J connectivity index is 2.14. The summed E-state index contributed by atoms with van der Waals surface area (Å²) < 4.78 is 0.532. The molecule has 0 nitrogen and oxygen atoms in total. The van der Waals surface area contributed by atoms with Crippen LogP contribution in [-0.4, -0.2) is 10.6 Å². The van der Waals surface area contributed by atoms with E-state index >= 15 is 0 Å². The summed E-state index contributed by atoms with van der Waals surface area (Å²) in [7, 11) is 2.71. The van der Waals surface area contributed by atoms with E-state index in [1.165, 1.54) is 44.9 Å². The summed E-state index contributed by atoms with van der Waals surface area (Å²) in [5.74, 6) is 0.936. The molecule has 0 aromatic heterocycles. The van der Waals surface area contributed by atoms with Crippen LogP contribution >= 0.6 is 22.6 Å². The predicted octanol–water partition coefficient (Wildman–Crippen LogP) is 4.39. The van der Waals surface area contributed by atoms with Gasteiger partial charge < -0.3 is 0 Å². The minimum Gasteiger partial charge on any atom is -0.0887 e. The van der Waals surface area contributed by atoms with E-state index in [-0.39, 0.29) is 0 Å². The second-order valence-electron chi connectivity index (χ2n) is 5.89. The topological polar surface area (TPSA) is 0 Å². The molecule has 0 N–H and O–H groups in total. The van der Waals surface area contributed by atoms with E-state index in [2.05, 4.69) is 43.7 Å². The molecule has 2 heteroatoms. The SMILES string of the molecule is CC1CCCC2(C)[B]C(I)(CCC2)C1. The first-order valence-electron chi connectivity index (χ1n) is 6.07. The fourth-order valence-corrected chi connectivity index (χ4v) is 5.33. The van der Waals surface area contributed by atoms with Gasteiger partial charge >= 0.3 is 0 Å². The molecule has 2 aliphatic rings. The van der Waals surface area contributed by atoms with Gasteiger partial charge in [0.2, 0.25) is 0 Å². The lowest BCUT2D eigenvalue weighted by Gasteiger charge is -2.46. The molecule has 14 heavy (non-hydrogen) atoms. The highest BCUT2D eigenvalue weighted by Gasteiger charge is 2.43. The molecule has 0 saturated carbocycles. The minimum atomic E-state index is 0.532. The Labute approximate surface area is 103 Å². The molecular weight excluding hydrogens is 282 g/mol. The number of fused-ring (bicyclic) bond motifs is 2. The van der Waals surface area contributed by atoms with Gasteiger partial charge in [0.05, 0.1) is 0 Å². The molecule has 0 spiro atoms. The van der Waals surface area contributed by atoms with Crippen LogP contribution in [0, 0.1) is 5.92 Å². The van der Waals surface area contributed by atoms with Crippen LogP contribution in [0.3, 0.4) is 0 Å². The van der Waals surface area contributed by atoms with Crippen molar-refractivity contribution in [2.24, 2.45) is 5.92 Å². The van der Waals surface area contributed by atoms with Gasteiger partial charge in [-0.1, -0.05) is 73.9 Å². The van der Waals surface area contributed by atoms with Crippen LogP contribution in [0.25, 0.3) is 0 Å². The van der Waals surface area contributed by atoms with Crippen molar-refractivity contribution < 1.29 is 0 Å². The highest BCUT2D eigenvalue weighted by atomic mass is 127. The summed E-state index contributed by atoms with van der Waals surface area (Å²) in [6, 6.07) is 0. The fraction of sp³-hybridized carbons (Fsp3) is 1.00. The number of hydrogen-bond donors (Lipinski definition) is 0. The Morgan fingerprint density at radius 3 is 2.71 bits per heavy atom. The highest BCUT2D eigenvalue weighted by molar-refractivity contribution is 14.1. The Morgan fingerprint density at radius 1 is 1.21 bits per heavy atom. The molecule has 0 aliphatic carbocycles. The maximum absolute atomic E-state index is 2.73. The summed E-state index contributed by atoms with van der Waals surface area (Å²) in [6.07, 6.45) is 10.1. The Hall–Kier alpha value is 0.795. The van der Waals surface area contributed by atoms with Crippen LogP contribution in [0.4, 0.5) is 0 Å². The van der Waals surface area contributed by atoms with Crippen LogP contribution in [-0.2, 0) is 0 Å². The normalized spacial score (nSPS) is 48.9. The monoisotopic (exact) mass is 303 g/mol. The first-order chi connectivity index (χ1) is 6.52. The van der Waals surface area contributed by atoms with Crippen molar-refractivity contribution in [2.75, 3.05) is 0 Å². The van der Waals surface area contributed by atoms with Crippen molar-refractivity contribution in [3.8, 4) is 0 Å². The second-order valence-corrected chi connectivity index (χ2v) is 8.04. The van der Waals surface area contributed by atoms with Crippen molar-refractivity contribution in [2.45, 2.75) is 67.4 Å². The molecule has 2 saturated heterocycles. The average Bonchev–Trinajstić information content (AvgIpc) is 2.00. The van der Waals surface area contributed by atoms with Crippen LogP contribution in [0.15, 0.2) is 0 Å². The first-order valence-corrected chi connectivity index (χ1v) is 7.15. The van der Waals surface area contributed by atoms with E-state index in [9.17, 15) is 0 Å². The zero-order valence-electron chi connectivity index (χ0n) is 9.48. The van der Waals surface area contributed by atoms with E-state index in [0.717, 1.165) is 5.92 Å². The minimum absolute atomic E-state index is 0.532. The lowest BCUT2D eigenvalue weighted by molar-refractivity contribution is 0.338. The molecule has 2 heterocycles. The molecule has 0 amide bonds. The van der Waals surface area contributed by atoms with Gasteiger partial charge in [0.1, 0.15) is 7.28 Å². The molecule has 2 aliphatic heterocycles. The smallest absolute Gasteiger partial charge is 0.0887 e. The van der Waals surface area contributed by atoms with E-state index in [0.29, 0.717) is 8.64 Å². The van der Waals surface area contributed by atoms with Crippen LogP contribution < -0.4 is 0 Å². The van der Waals surface area contributed by atoms with E-state index in [1.807, 2.05) is 0 Å². The number of halogens is 1. The molecular formula is C12H21BI. The van der Waals surface area contributed by atoms with Gasteiger partial charge in [0, 0.05) is 0 Å². The van der Waals surface area contributed by atoms with Crippen LogP contribution in [0.2, 0.25) is 5.31 Å². The first kappa shape index (κ1) is 11.3. The number of hydrogen-bond acceptors (Lipinski definition) is 0. The lowest BCUT2D eigenvalue weighted by Crippen LogP contribution is -2.43. The standard InChI is InChI=1S/C12H21BI/c1-10-5-3-6-11(2)7-4-8-12(14,9-10)13-11/h10H,3-9H2,1-2H3. The average molecular weight is 303 g/mol. The maximum Gasteiger partial charge on any atom is 0.139 e. The largest absolute Gasteiger partial charge is 0.139 e. The summed E-state index contributed by atoms with van der Waals surface area (Å²) >= 11 is 2.73.